The van der Waals surface area contributed by atoms with E-state index >= 15 is 0 Å². The summed E-state index contributed by atoms with van der Waals surface area (Å²) in [7, 11) is 0. The van der Waals surface area contributed by atoms with Gasteiger partial charge in [0.25, 0.3) is 0 Å². The van der Waals surface area contributed by atoms with Gasteiger partial charge in [0, 0.05) is 22.2 Å². The van der Waals surface area contributed by atoms with E-state index in [0.717, 1.165) is 27.4 Å². The quantitative estimate of drug-likeness (QED) is 0.601. The minimum absolute atomic E-state index is 0.202. The van der Waals surface area contributed by atoms with Crippen molar-refractivity contribution in [2.45, 2.75) is 65.7 Å². The second-order valence-corrected chi connectivity index (χ2v) is 9.76. The average molecular weight is 388 g/mol. The number of aromatic nitrogens is 1. The molecule has 146 valence electrons. The molecule has 0 radical (unpaired) electrons. The second-order valence-electron chi connectivity index (χ2n) is 8.82. The van der Waals surface area contributed by atoms with Gasteiger partial charge in [0.15, 0.2) is 0 Å². The van der Waals surface area contributed by atoms with Gasteiger partial charge in [-0.15, -0.1) is 11.3 Å². The molecule has 6 heteroatoms. The lowest BCUT2D eigenvalue weighted by Gasteiger charge is -2.27. The number of aryl methyl sites for hydroxylation is 1. The van der Waals surface area contributed by atoms with E-state index in [4.69, 9.17) is 0 Å². The number of carbonyl (C=O) groups is 1. The number of carbonyl (C=O) groups excluding carboxylic acids is 1. The van der Waals surface area contributed by atoms with E-state index in [1.165, 1.54) is 11.3 Å². The summed E-state index contributed by atoms with van der Waals surface area (Å²) in [6.45, 7) is 14.3. The SMILES string of the molecule is Cc1csc(CC(=O)N/N=C/c2cc(C(C)(C)C)c(O)c(C(C)(C)C)c2)n1. The first-order chi connectivity index (χ1) is 12.4. The van der Waals surface area contributed by atoms with Crippen LogP contribution >= 0.6 is 11.3 Å². The fourth-order valence-electron chi connectivity index (χ4n) is 2.71. The van der Waals surface area contributed by atoms with Crippen LogP contribution in [0.2, 0.25) is 0 Å². The molecule has 0 aliphatic heterocycles. The molecule has 0 unspecified atom stereocenters. The second kappa shape index (κ2) is 7.80. The van der Waals surface area contributed by atoms with Crippen LogP contribution in [-0.4, -0.2) is 22.2 Å². The minimum Gasteiger partial charge on any atom is -0.507 e. The third kappa shape index (κ3) is 5.63. The number of benzene rings is 1. The minimum atomic E-state index is -0.208. The van der Waals surface area contributed by atoms with Crippen LogP contribution in [-0.2, 0) is 22.0 Å². The highest BCUT2D eigenvalue weighted by atomic mass is 32.1. The van der Waals surface area contributed by atoms with E-state index < -0.39 is 0 Å². The predicted octanol–water partition coefficient (Wildman–Crippen LogP) is 4.44. The number of thiazole rings is 1. The molecule has 2 rings (SSSR count). The van der Waals surface area contributed by atoms with Gasteiger partial charge in [0.05, 0.1) is 12.6 Å². The highest BCUT2D eigenvalue weighted by Gasteiger charge is 2.26. The molecule has 0 saturated heterocycles. The van der Waals surface area contributed by atoms with Gasteiger partial charge in [-0.05, 0) is 35.4 Å². The van der Waals surface area contributed by atoms with Gasteiger partial charge < -0.3 is 5.11 Å². The molecule has 1 aromatic heterocycles. The van der Waals surface area contributed by atoms with Crippen molar-refractivity contribution >= 4 is 23.5 Å². The number of phenols is 1. The zero-order valence-electron chi connectivity index (χ0n) is 17.2. The largest absolute Gasteiger partial charge is 0.507 e. The molecule has 0 aliphatic carbocycles. The number of aromatic hydroxyl groups is 1. The fourth-order valence-corrected chi connectivity index (χ4v) is 3.48. The first kappa shape index (κ1) is 21.1. The number of rotatable bonds is 4. The highest BCUT2D eigenvalue weighted by Crippen LogP contribution is 2.39. The molecule has 1 amide bonds. The van der Waals surface area contributed by atoms with Crippen LogP contribution in [0.15, 0.2) is 22.6 Å². The van der Waals surface area contributed by atoms with E-state index in [0.29, 0.717) is 5.75 Å². The highest BCUT2D eigenvalue weighted by molar-refractivity contribution is 7.09. The summed E-state index contributed by atoms with van der Waals surface area (Å²) >= 11 is 1.47. The van der Waals surface area contributed by atoms with Crippen LogP contribution in [0, 0.1) is 6.92 Å². The van der Waals surface area contributed by atoms with E-state index in [-0.39, 0.29) is 23.2 Å². The number of hydrazone groups is 1. The number of phenolic OH excluding ortho intramolecular Hbond substituents is 1. The third-order valence-corrected chi connectivity index (χ3v) is 5.10. The first-order valence-corrected chi connectivity index (χ1v) is 9.87. The van der Waals surface area contributed by atoms with Crippen LogP contribution in [0.25, 0.3) is 0 Å². The first-order valence-electron chi connectivity index (χ1n) is 8.99. The van der Waals surface area contributed by atoms with Gasteiger partial charge in [0.1, 0.15) is 10.8 Å². The van der Waals surface area contributed by atoms with E-state index in [1.54, 1.807) is 6.21 Å². The van der Waals surface area contributed by atoms with Crippen molar-refractivity contribution < 1.29 is 9.90 Å². The van der Waals surface area contributed by atoms with E-state index in [9.17, 15) is 9.90 Å². The predicted molar refractivity (Wildman–Crippen MR) is 112 cm³/mol. The van der Waals surface area contributed by atoms with Crippen molar-refractivity contribution in [2.75, 3.05) is 0 Å². The molecule has 0 fully saturated rings. The van der Waals surface area contributed by atoms with Crippen molar-refractivity contribution in [1.29, 1.82) is 0 Å². The molecule has 2 N–H and O–H groups in total. The van der Waals surface area contributed by atoms with Crippen LogP contribution in [0.1, 0.15) is 68.9 Å². The Morgan fingerprint density at radius 3 is 2.19 bits per heavy atom. The molecular formula is C21H29N3O2S. The molecular weight excluding hydrogens is 358 g/mol. The van der Waals surface area contributed by atoms with E-state index in [1.807, 2.05) is 24.4 Å². The van der Waals surface area contributed by atoms with Crippen LogP contribution in [0.5, 0.6) is 5.75 Å². The molecule has 0 aliphatic rings. The zero-order valence-corrected chi connectivity index (χ0v) is 18.0. The maximum Gasteiger partial charge on any atom is 0.246 e. The Kier molecular flexibility index (Phi) is 6.10. The molecule has 0 atom stereocenters. The Morgan fingerprint density at radius 2 is 1.74 bits per heavy atom. The summed E-state index contributed by atoms with van der Waals surface area (Å²) in [6.07, 6.45) is 1.83. The monoisotopic (exact) mass is 387 g/mol. The Morgan fingerprint density at radius 1 is 1.19 bits per heavy atom. The van der Waals surface area contributed by atoms with Crippen molar-refractivity contribution in [3.05, 3.63) is 44.9 Å². The molecule has 0 bridgehead atoms. The molecule has 0 saturated carbocycles. The van der Waals surface area contributed by atoms with Crippen molar-refractivity contribution in [1.82, 2.24) is 10.4 Å². The Labute approximate surface area is 165 Å². The fraction of sp³-hybridized carbons (Fsp3) is 0.476. The Bertz CT molecular complexity index is 820. The lowest BCUT2D eigenvalue weighted by atomic mass is 9.78. The molecule has 5 nitrogen and oxygen atoms in total. The maximum absolute atomic E-state index is 12.0. The lowest BCUT2D eigenvalue weighted by Crippen LogP contribution is -2.20. The molecule has 27 heavy (non-hydrogen) atoms. The molecule has 0 spiro atoms. The number of nitrogens with one attached hydrogen (secondary N) is 1. The molecule has 1 aromatic carbocycles. The zero-order chi connectivity index (χ0) is 20.4. The standard InChI is InChI=1S/C21H29N3O2S/c1-13-12-27-18(23-13)10-17(25)24-22-11-14-8-15(20(2,3)4)19(26)16(9-14)21(5,6)7/h8-9,11-12,26H,10H2,1-7H3,(H,24,25)/b22-11+. The maximum atomic E-state index is 12.0. The summed E-state index contributed by atoms with van der Waals surface area (Å²) in [5.41, 5.74) is 5.62. The van der Waals surface area contributed by atoms with Crippen molar-refractivity contribution in [3.63, 3.8) is 0 Å². The number of amides is 1. The summed E-state index contributed by atoms with van der Waals surface area (Å²) in [5, 5.41) is 17.5. The van der Waals surface area contributed by atoms with Gasteiger partial charge in [0.2, 0.25) is 5.91 Å². The third-order valence-electron chi connectivity index (χ3n) is 4.13. The summed E-state index contributed by atoms with van der Waals surface area (Å²) < 4.78 is 0. The average Bonchev–Trinajstić information content (AvgIpc) is 2.91. The van der Waals surface area contributed by atoms with Crippen molar-refractivity contribution in [3.8, 4) is 5.75 Å². The Balaban J connectivity index is 2.22. The van der Waals surface area contributed by atoms with Crippen LogP contribution in [0.3, 0.4) is 0 Å². The molecule has 1 heterocycles. The smallest absolute Gasteiger partial charge is 0.246 e. The topological polar surface area (TPSA) is 74.6 Å². The molecule has 2 aromatic rings. The summed E-state index contributed by atoms with van der Waals surface area (Å²) in [5.74, 6) is 0.127. The van der Waals surface area contributed by atoms with Gasteiger partial charge in [-0.1, -0.05) is 41.5 Å². The number of hydrogen-bond acceptors (Lipinski definition) is 5. The lowest BCUT2D eigenvalue weighted by molar-refractivity contribution is -0.120. The van der Waals surface area contributed by atoms with Crippen LogP contribution < -0.4 is 5.43 Å². The van der Waals surface area contributed by atoms with Crippen LogP contribution in [0.4, 0.5) is 0 Å². The van der Waals surface area contributed by atoms with Gasteiger partial charge in [-0.3, -0.25) is 4.79 Å². The van der Waals surface area contributed by atoms with Gasteiger partial charge in [-0.2, -0.15) is 5.10 Å². The Hall–Kier alpha value is -2.21. The van der Waals surface area contributed by atoms with E-state index in [2.05, 4.69) is 57.1 Å². The summed E-state index contributed by atoms with van der Waals surface area (Å²) in [6, 6.07) is 3.84. The summed E-state index contributed by atoms with van der Waals surface area (Å²) in [4.78, 5) is 16.3. The normalized spacial score (nSPS) is 12.6. The van der Waals surface area contributed by atoms with Crippen molar-refractivity contribution in [2.24, 2.45) is 5.10 Å². The number of nitrogens with zero attached hydrogens (tertiary/aromatic N) is 2. The number of hydrogen-bond donors (Lipinski definition) is 2. The van der Waals surface area contributed by atoms with Gasteiger partial charge >= 0.3 is 0 Å². The van der Waals surface area contributed by atoms with Gasteiger partial charge in [-0.25, -0.2) is 10.4 Å².